The molecule has 0 N–H and O–H groups in total. The Kier molecular flexibility index (Phi) is 30.9. The Balaban J connectivity index is 0. The number of halogens is 1. The van der Waals surface area contributed by atoms with E-state index in [9.17, 15) is 0 Å². The fourth-order valence-electron chi connectivity index (χ4n) is 5.23. The van der Waals surface area contributed by atoms with Crippen LogP contribution < -0.4 is 17.0 Å². The van der Waals surface area contributed by atoms with Crippen molar-refractivity contribution in [3.8, 4) is 0 Å². The zero-order valence-electron chi connectivity index (χ0n) is 23.2. The summed E-state index contributed by atoms with van der Waals surface area (Å²) < 4.78 is 0. The van der Waals surface area contributed by atoms with E-state index in [4.69, 9.17) is 0 Å². The van der Waals surface area contributed by atoms with Crippen LogP contribution in [-0.4, -0.2) is 24.6 Å². The molecule has 0 spiro atoms. The minimum absolute atomic E-state index is 0. The van der Waals surface area contributed by atoms with Crippen molar-refractivity contribution in [3.05, 3.63) is 0 Å². The van der Waals surface area contributed by atoms with Gasteiger partial charge in [-0.1, -0.05) is 118 Å². The normalized spacial score (nSPS) is 11.6. The summed E-state index contributed by atoms with van der Waals surface area (Å²) in [5, 5.41) is 0. The molecule has 0 saturated heterocycles. The molecular formula is C30H64BrP. The molecule has 0 bridgehead atoms. The van der Waals surface area contributed by atoms with Crippen LogP contribution in [0.25, 0.3) is 0 Å². The molecule has 0 aromatic rings. The first kappa shape index (κ1) is 35.1. The van der Waals surface area contributed by atoms with Gasteiger partial charge in [0.05, 0.1) is 24.6 Å². The SMILES string of the molecule is CCCCCCCC[P+](CCCCCC)(CCCCCCCC)CCCCCCCC.[Br-]. The Bertz CT molecular complexity index is 290. The molecule has 0 rings (SSSR count). The molecule has 196 valence electrons. The molecule has 0 atom stereocenters. The Labute approximate surface area is 217 Å². The zero-order chi connectivity index (χ0) is 22.9. The van der Waals surface area contributed by atoms with Gasteiger partial charge >= 0.3 is 0 Å². The average Bonchev–Trinajstić information content (AvgIpc) is 2.78. The summed E-state index contributed by atoms with van der Waals surface area (Å²) >= 11 is 0. The Morgan fingerprint density at radius 1 is 0.281 bits per heavy atom. The van der Waals surface area contributed by atoms with Gasteiger partial charge in [0.15, 0.2) is 0 Å². The van der Waals surface area contributed by atoms with E-state index in [1.165, 1.54) is 116 Å². The summed E-state index contributed by atoms with van der Waals surface area (Å²) in [6.07, 6.45) is 39.1. The number of unbranched alkanes of at least 4 members (excludes halogenated alkanes) is 18. The fourth-order valence-corrected chi connectivity index (χ4v) is 10.1. The van der Waals surface area contributed by atoms with Gasteiger partial charge in [0, 0.05) is 7.26 Å². The van der Waals surface area contributed by atoms with Crippen LogP contribution in [0.3, 0.4) is 0 Å². The van der Waals surface area contributed by atoms with E-state index < -0.39 is 7.26 Å². The van der Waals surface area contributed by atoms with Crippen molar-refractivity contribution in [1.82, 2.24) is 0 Å². The molecule has 0 radical (unpaired) electrons. The van der Waals surface area contributed by atoms with E-state index in [1.54, 1.807) is 50.3 Å². The van der Waals surface area contributed by atoms with Crippen LogP contribution in [0.15, 0.2) is 0 Å². The van der Waals surface area contributed by atoms with Gasteiger partial charge in [0.25, 0.3) is 0 Å². The lowest BCUT2D eigenvalue weighted by Crippen LogP contribution is -3.00. The summed E-state index contributed by atoms with van der Waals surface area (Å²) in [7, 11) is -0.703. The van der Waals surface area contributed by atoms with E-state index in [2.05, 4.69) is 27.7 Å². The predicted molar refractivity (Wildman–Crippen MR) is 151 cm³/mol. The third-order valence-electron chi connectivity index (χ3n) is 7.44. The van der Waals surface area contributed by atoms with Crippen molar-refractivity contribution in [2.24, 2.45) is 0 Å². The monoisotopic (exact) mass is 534 g/mol. The van der Waals surface area contributed by atoms with Crippen molar-refractivity contribution in [3.63, 3.8) is 0 Å². The maximum Gasteiger partial charge on any atom is 0.0594 e. The fraction of sp³-hybridized carbons (Fsp3) is 1.00. The molecule has 0 nitrogen and oxygen atoms in total. The maximum atomic E-state index is 2.37. The Morgan fingerprint density at radius 3 is 0.719 bits per heavy atom. The molecule has 0 aliphatic carbocycles. The summed E-state index contributed by atoms with van der Waals surface area (Å²) in [5.74, 6) is 0. The largest absolute Gasteiger partial charge is 1.00 e. The highest BCUT2D eigenvalue weighted by Crippen LogP contribution is 2.61. The first-order chi connectivity index (χ1) is 15.2. The van der Waals surface area contributed by atoms with Crippen molar-refractivity contribution < 1.29 is 17.0 Å². The van der Waals surface area contributed by atoms with Crippen LogP contribution in [0.4, 0.5) is 0 Å². The van der Waals surface area contributed by atoms with Crippen LogP contribution >= 0.6 is 7.26 Å². The number of rotatable bonds is 26. The van der Waals surface area contributed by atoms with Gasteiger partial charge in [0.1, 0.15) is 0 Å². The second-order valence-electron chi connectivity index (χ2n) is 10.6. The quantitative estimate of drug-likeness (QED) is 0.0768. The van der Waals surface area contributed by atoms with Crippen LogP contribution in [0.5, 0.6) is 0 Å². The van der Waals surface area contributed by atoms with Crippen molar-refractivity contribution in [2.45, 2.75) is 169 Å². The lowest BCUT2D eigenvalue weighted by Gasteiger charge is -2.28. The molecule has 0 fully saturated rings. The van der Waals surface area contributed by atoms with Gasteiger partial charge < -0.3 is 17.0 Å². The molecular weight excluding hydrogens is 471 g/mol. The topological polar surface area (TPSA) is 0 Å². The van der Waals surface area contributed by atoms with Crippen LogP contribution in [-0.2, 0) is 0 Å². The standard InChI is InChI=1S/C30H64P.BrH/c1-5-9-13-17-20-24-28-31(27-23-16-12-8-4,29-25-21-18-14-10-6-2)30-26-22-19-15-11-7-3;/h5-30H2,1-4H3;1H/q+1;/p-1. The first-order valence-electron chi connectivity index (χ1n) is 15.1. The summed E-state index contributed by atoms with van der Waals surface area (Å²) in [6.45, 7) is 9.39. The molecule has 0 unspecified atom stereocenters. The van der Waals surface area contributed by atoms with E-state index in [1.807, 2.05) is 0 Å². The molecule has 0 aliphatic heterocycles. The highest BCUT2D eigenvalue weighted by atomic mass is 79.9. The highest BCUT2D eigenvalue weighted by Gasteiger charge is 2.34. The molecule has 0 aromatic heterocycles. The van der Waals surface area contributed by atoms with E-state index in [-0.39, 0.29) is 17.0 Å². The molecule has 0 saturated carbocycles. The van der Waals surface area contributed by atoms with Crippen LogP contribution in [0.2, 0.25) is 0 Å². The third-order valence-corrected chi connectivity index (χ3v) is 12.5. The van der Waals surface area contributed by atoms with Gasteiger partial charge in [-0.25, -0.2) is 0 Å². The smallest absolute Gasteiger partial charge is 0.0594 e. The summed E-state index contributed by atoms with van der Waals surface area (Å²) in [4.78, 5) is 0. The van der Waals surface area contributed by atoms with E-state index >= 15 is 0 Å². The van der Waals surface area contributed by atoms with Crippen LogP contribution in [0.1, 0.15) is 169 Å². The van der Waals surface area contributed by atoms with Gasteiger partial charge in [0.2, 0.25) is 0 Å². The Morgan fingerprint density at radius 2 is 0.469 bits per heavy atom. The predicted octanol–water partition coefficient (Wildman–Crippen LogP) is 8.67. The zero-order valence-corrected chi connectivity index (χ0v) is 25.7. The average molecular weight is 536 g/mol. The second-order valence-corrected chi connectivity index (χ2v) is 15.1. The Hall–Kier alpha value is 0.910. The molecule has 0 amide bonds. The highest BCUT2D eigenvalue weighted by molar-refractivity contribution is 7.75. The number of hydrogen-bond acceptors (Lipinski definition) is 0. The second kappa shape index (κ2) is 28.1. The maximum absolute atomic E-state index is 2.37. The lowest BCUT2D eigenvalue weighted by atomic mass is 10.1. The van der Waals surface area contributed by atoms with E-state index in [0.29, 0.717) is 0 Å². The van der Waals surface area contributed by atoms with Crippen molar-refractivity contribution >= 4 is 7.26 Å². The van der Waals surface area contributed by atoms with Gasteiger partial charge in [-0.15, -0.1) is 0 Å². The lowest BCUT2D eigenvalue weighted by molar-refractivity contribution is -0.00000711. The minimum Gasteiger partial charge on any atom is -1.00 e. The van der Waals surface area contributed by atoms with E-state index in [0.717, 1.165) is 0 Å². The third kappa shape index (κ3) is 22.7. The molecule has 2 heteroatoms. The molecule has 32 heavy (non-hydrogen) atoms. The van der Waals surface area contributed by atoms with Gasteiger partial charge in [-0.3, -0.25) is 0 Å². The molecule has 0 aromatic carbocycles. The van der Waals surface area contributed by atoms with Crippen molar-refractivity contribution in [2.75, 3.05) is 24.6 Å². The minimum atomic E-state index is -0.703. The molecule has 0 heterocycles. The number of hydrogen-bond donors (Lipinski definition) is 0. The summed E-state index contributed by atoms with van der Waals surface area (Å²) in [6, 6.07) is 0. The molecule has 0 aliphatic rings. The summed E-state index contributed by atoms with van der Waals surface area (Å²) in [5.41, 5.74) is 0. The van der Waals surface area contributed by atoms with Gasteiger partial charge in [-0.05, 0) is 51.4 Å². The first-order valence-corrected chi connectivity index (χ1v) is 17.6. The van der Waals surface area contributed by atoms with Crippen LogP contribution in [0, 0.1) is 0 Å². The van der Waals surface area contributed by atoms with Gasteiger partial charge in [-0.2, -0.15) is 0 Å². The van der Waals surface area contributed by atoms with Crippen molar-refractivity contribution in [1.29, 1.82) is 0 Å².